The summed E-state index contributed by atoms with van der Waals surface area (Å²) >= 11 is 0. The van der Waals surface area contributed by atoms with Crippen LogP contribution in [0.25, 0.3) is 0 Å². The molecule has 1 N–H and O–H groups in total. The molecular formula is C14H25N5. The van der Waals surface area contributed by atoms with Crippen molar-refractivity contribution in [1.82, 2.24) is 24.9 Å². The van der Waals surface area contributed by atoms with E-state index in [1.807, 2.05) is 0 Å². The minimum absolute atomic E-state index is 0.710. The molecule has 1 atom stereocenters. The van der Waals surface area contributed by atoms with E-state index in [1.54, 1.807) is 0 Å². The standard InChI is InChI=1S/C14H25N5/c1-17(2)13-4-7-18(11-13)10-12-8-14-9-15-5-3-6-19(14)16-12/h8,13,15H,3-7,9-11H2,1-2H3/t13-/m0/s1. The summed E-state index contributed by atoms with van der Waals surface area (Å²) < 4.78 is 2.19. The summed E-state index contributed by atoms with van der Waals surface area (Å²) in [6.45, 7) is 6.51. The number of likely N-dealkylation sites (tertiary alicyclic amines) is 1. The molecule has 0 aliphatic carbocycles. The number of likely N-dealkylation sites (N-methyl/N-ethyl adjacent to an activating group) is 1. The first-order valence-electron chi connectivity index (χ1n) is 7.37. The zero-order valence-corrected chi connectivity index (χ0v) is 12.1. The van der Waals surface area contributed by atoms with E-state index in [0.29, 0.717) is 6.04 Å². The van der Waals surface area contributed by atoms with Gasteiger partial charge in [-0.15, -0.1) is 0 Å². The van der Waals surface area contributed by atoms with Crippen LogP contribution in [-0.4, -0.2) is 59.4 Å². The van der Waals surface area contributed by atoms with Crippen molar-refractivity contribution >= 4 is 0 Å². The van der Waals surface area contributed by atoms with E-state index >= 15 is 0 Å². The molecule has 2 aliphatic rings. The zero-order chi connectivity index (χ0) is 13.2. The van der Waals surface area contributed by atoms with Crippen molar-refractivity contribution in [3.8, 4) is 0 Å². The number of hydrogen-bond acceptors (Lipinski definition) is 4. The van der Waals surface area contributed by atoms with Gasteiger partial charge in [0.05, 0.1) is 11.4 Å². The van der Waals surface area contributed by atoms with E-state index in [2.05, 4.69) is 40.0 Å². The van der Waals surface area contributed by atoms with Gasteiger partial charge in [-0.2, -0.15) is 5.10 Å². The molecule has 1 fully saturated rings. The maximum atomic E-state index is 4.77. The van der Waals surface area contributed by atoms with Crippen molar-refractivity contribution in [2.75, 3.05) is 33.7 Å². The smallest absolute Gasteiger partial charge is 0.0768 e. The van der Waals surface area contributed by atoms with Crippen LogP contribution < -0.4 is 5.32 Å². The van der Waals surface area contributed by atoms with Crippen LogP contribution in [0.4, 0.5) is 0 Å². The van der Waals surface area contributed by atoms with Gasteiger partial charge in [0.2, 0.25) is 0 Å². The number of aryl methyl sites for hydroxylation is 1. The molecule has 106 valence electrons. The van der Waals surface area contributed by atoms with Gasteiger partial charge in [-0.05, 0) is 39.5 Å². The van der Waals surface area contributed by atoms with Crippen molar-refractivity contribution in [3.63, 3.8) is 0 Å². The lowest BCUT2D eigenvalue weighted by Gasteiger charge is -2.19. The second kappa shape index (κ2) is 5.61. The van der Waals surface area contributed by atoms with E-state index in [-0.39, 0.29) is 0 Å². The number of aromatic nitrogens is 2. The molecule has 1 aromatic heterocycles. The van der Waals surface area contributed by atoms with Crippen LogP contribution in [0.15, 0.2) is 6.07 Å². The molecular weight excluding hydrogens is 238 g/mol. The molecule has 0 saturated carbocycles. The monoisotopic (exact) mass is 263 g/mol. The Morgan fingerprint density at radius 3 is 3.11 bits per heavy atom. The number of nitrogens with zero attached hydrogens (tertiary/aromatic N) is 4. The zero-order valence-electron chi connectivity index (χ0n) is 12.1. The average molecular weight is 263 g/mol. The Morgan fingerprint density at radius 1 is 1.42 bits per heavy atom. The highest BCUT2D eigenvalue weighted by Crippen LogP contribution is 2.17. The fourth-order valence-electron chi connectivity index (χ4n) is 3.10. The minimum atomic E-state index is 0.710. The molecule has 0 radical (unpaired) electrons. The van der Waals surface area contributed by atoms with Gasteiger partial charge in [0.25, 0.3) is 0 Å². The molecule has 3 rings (SSSR count). The second-order valence-electron chi connectivity index (χ2n) is 6.02. The molecule has 0 spiro atoms. The van der Waals surface area contributed by atoms with Gasteiger partial charge >= 0.3 is 0 Å². The molecule has 2 aliphatic heterocycles. The summed E-state index contributed by atoms with van der Waals surface area (Å²) in [4.78, 5) is 4.87. The molecule has 0 unspecified atom stereocenters. The maximum absolute atomic E-state index is 4.77. The Hall–Kier alpha value is -0.910. The minimum Gasteiger partial charge on any atom is -0.311 e. The fraction of sp³-hybridized carbons (Fsp3) is 0.786. The summed E-state index contributed by atoms with van der Waals surface area (Å²) in [5.41, 5.74) is 2.58. The van der Waals surface area contributed by atoms with Crippen molar-refractivity contribution in [1.29, 1.82) is 0 Å². The Kier molecular flexibility index (Phi) is 3.86. The van der Waals surface area contributed by atoms with E-state index in [1.165, 1.54) is 37.3 Å². The van der Waals surface area contributed by atoms with Crippen LogP contribution in [0.3, 0.4) is 0 Å². The predicted octanol–water partition coefficient (Wildman–Crippen LogP) is 0.512. The summed E-state index contributed by atoms with van der Waals surface area (Å²) in [6, 6.07) is 2.99. The molecule has 5 nitrogen and oxygen atoms in total. The Morgan fingerprint density at radius 2 is 2.32 bits per heavy atom. The third kappa shape index (κ3) is 2.99. The summed E-state index contributed by atoms with van der Waals surface area (Å²) in [6.07, 6.45) is 2.46. The Balaban J connectivity index is 1.62. The normalized spacial score (nSPS) is 24.7. The molecule has 1 aromatic rings. The van der Waals surface area contributed by atoms with Crippen LogP contribution in [-0.2, 0) is 19.6 Å². The number of fused-ring (bicyclic) bond motifs is 1. The topological polar surface area (TPSA) is 36.3 Å². The van der Waals surface area contributed by atoms with Crippen LogP contribution >= 0.6 is 0 Å². The Labute approximate surface area is 115 Å². The molecule has 5 heteroatoms. The molecule has 3 heterocycles. The predicted molar refractivity (Wildman–Crippen MR) is 75.9 cm³/mol. The number of rotatable bonds is 3. The summed E-state index contributed by atoms with van der Waals surface area (Å²) in [7, 11) is 4.36. The Bertz CT molecular complexity index is 402. The van der Waals surface area contributed by atoms with E-state index in [4.69, 9.17) is 5.10 Å². The average Bonchev–Trinajstić information content (AvgIpc) is 2.93. The molecule has 0 bridgehead atoms. The third-order valence-electron chi connectivity index (χ3n) is 4.31. The van der Waals surface area contributed by atoms with Crippen molar-refractivity contribution in [2.24, 2.45) is 0 Å². The van der Waals surface area contributed by atoms with E-state index in [9.17, 15) is 0 Å². The van der Waals surface area contributed by atoms with E-state index in [0.717, 1.165) is 26.2 Å². The third-order valence-corrected chi connectivity index (χ3v) is 4.31. The largest absolute Gasteiger partial charge is 0.311 e. The lowest BCUT2D eigenvalue weighted by atomic mass is 10.2. The van der Waals surface area contributed by atoms with Crippen LogP contribution in [0.5, 0.6) is 0 Å². The molecule has 0 aromatic carbocycles. The van der Waals surface area contributed by atoms with Gasteiger partial charge in [-0.3, -0.25) is 9.58 Å². The fourth-order valence-corrected chi connectivity index (χ4v) is 3.10. The maximum Gasteiger partial charge on any atom is 0.0768 e. The van der Waals surface area contributed by atoms with Gasteiger partial charge in [-0.1, -0.05) is 0 Å². The van der Waals surface area contributed by atoms with Gasteiger partial charge in [0.15, 0.2) is 0 Å². The van der Waals surface area contributed by atoms with Gasteiger partial charge in [0, 0.05) is 38.8 Å². The second-order valence-corrected chi connectivity index (χ2v) is 6.02. The van der Waals surface area contributed by atoms with Crippen LogP contribution in [0.1, 0.15) is 24.2 Å². The summed E-state index contributed by atoms with van der Waals surface area (Å²) in [5.74, 6) is 0. The first-order valence-corrected chi connectivity index (χ1v) is 7.37. The molecule has 0 amide bonds. The van der Waals surface area contributed by atoms with E-state index < -0.39 is 0 Å². The first-order chi connectivity index (χ1) is 9.22. The first kappa shape index (κ1) is 13.1. The van der Waals surface area contributed by atoms with Crippen molar-refractivity contribution in [3.05, 3.63) is 17.5 Å². The number of nitrogens with one attached hydrogen (secondary N) is 1. The molecule has 1 saturated heterocycles. The summed E-state index contributed by atoms with van der Waals surface area (Å²) in [5, 5.41) is 8.22. The van der Waals surface area contributed by atoms with Crippen molar-refractivity contribution in [2.45, 2.75) is 38.5 Å². The highest BCUT2D eigenvalue weighted by molar-refractivity contribution is 5.11. The molecule has 19 heavy (non-hydrogen) atoms. The van der Waals surface area contributed by atoms with Crippen LogP contribution in [0, 0.1) is 0 Å². The van der Waals surface area contributed by atoms with Gasteiger partial charge in [0.1, 0.15) is 0 Å². The van der Waals surface area contributed by atoms with Crippen molar-refractivity contribution < 1.29 is 0 Å². The lowest BCUT2D eigenvalue weighted by Crippen LogP contribution is -2.31. The van der Waals surface area contributed by atoms with Gasteiger partial charge in [-0.25, -0.2) is 0 Å². The highest BCUT2D eigenvalue weighted by atomic mass is 15.3. The quantitative estimate of drug-likeness (QED) is 0.862. The van der Waals surface area contributed by atoms with Gasteiger partial charge < -0.3 is 10.2 Å². The highest BCUT2D eigenvalue weighted by Gasteiger charge is 2.24. The SMILES string of the molecule is CN(C)[C@H]1CCN(Cc2cc3n(n2)CCCNC3)C1. The number of hydrogen-bond donors (Lipinski definition) is 1. The lowest BCUT2D eigenvalue weighted by molar-refractivity contribution is 0.262. The van der Waals surface area contributed by atoms with Crippen LogP contribution in [0.2, 0.25) is 0 Å².